The lowest BCUT2D eigenvalue weighted by Crippen LogP contribution is -2.32. The first-order chi connectivity index (χ1) is 12.1. The van der Waals surface area contributed by atoms with Crippen LogP contribution in [0.5, 0.6) is 5.75 Å². The maximum absolute atomic E-state index is 12.5. The summed E-state index contributed by atoms with van der Waals surface area (Å²) in [6.07, 6.45) is 2.78. The maximum atomic E-state index is 12.5. The zero-order chi connectivity index (χ0) is 18.1. The van der Waals surface area contributed by atoms with Gasteiger partial charge in [0.15, 0.2) is 0 Å². The molecule has 1 amide bonds. The van der Waals surface area contributed by atoms with Gasteiger partial charge >= 0.3 is 0 Å². The van der Waals surface area contributed by atoms with E-state index in [9.17, 15) is 4.79 Å². The third-order valence-electron chi connectivity index (χ3n) is 4.60. The van der Waals surface area contributed by atoms with Gasteiger partial charge in [-0.3, -0.25) is 4.79 Å². The molecule has 1 saturated heterocycles. The van der Waals surface area contributed by atoms with Gasteiger partial charge in [-0.05, 0) is 62.9 Å². The fourth-order valence-electron chi connectivity index (χ4n) is 3.15. The Hall–Kier alpha value is -1.01. The summed E-state index contributed by atoms with van der Waals surface area (Å²) in [6, 6.07) is 5.26. The van der Waals surface area contributed by atoms with Crippen LogP contribution >= 0.6 is 24.0 Å². The summed E-state index contributed by atoms with van der Waals surface area (Å²) in [5.74, 6) is 1.59. The first-order valence-corrected chi connectivity index (χ1v) is 9.48. The van der Waals surface area contributed by atoms with Gasteiger partial charge in [0.05, 0.1) is 12.3 Å². The van der Waals surface area contributed by atoms with Crippen molar-refractivity contribution in [3.63, 3.8) is 0 Å². The number of piperidine rings is 1. The van der Waals surface area contributed by atoms with Crippen molar-refractivity contribution in [1.82, 2.24) is 5.32 Å². The van der Waals surface area contributed by atoms with Crippen LogP contribution in [0.3, 0.4) is 0 Å². The minimum atomic E-state index is 0. The summed E-state index contributed by atoms with van der Waals surface area (Å²) >= 11 is 6.07. The van der Waals surface area contributed by atoms with Crippen molar-refractivity contribution >= 4 is 35.6 Å². The Kier molecular flexibility index (Phi) is 11.0. The van der Waals surface area contributed by atoms with Crippen LogP contribution in [-0.4, -0.2) is 38.8 Å². The van der Waals surface area contributed by atoms with E-state index >= 15 is 0 Å². The third-order valence-corrected chi connectivity index (χ3v) is 4.84. The number of amides is 1. The van der Waals surface area contributed by atoms with Crippen molar-refractivity contribution in [2.45, 2.75) is 33.1 Å². The van der Waals surface area contributed by atoms with E-state index in [0.29, 0.717) is 54.5 Å². The lowest BCUT2D eigenvalue weighted by atomic mass is 9.84. The van der Waals surface area contributed by atoms with Gasteiger partial charge in [0.25, 0.3) is 0 Å². The Morgan fingerprint density at radius 3 is 2.77 bits per heavy atom. The molecule has 1 unspecified atom stereocenters. The Labute approximate surface area is 167 Å². The topological polar surface area (TPSA) is 59.6 Å². The molecule has 5 nitrogen and oxygen atoms in total. The summed E-state index contributed by atoms with van der Waals surface area (Å²) < 4.78 is 11.0. The first-order valence-electron chi connectivity index (χ1n) is 9.10. The van der Waals surface area contributed by atoms with E-state index in [1.165, 1.54) is 0 Å². The van der Waals surface area contributed by atoms with Crippen LogP contribution in [0.2, 0.25) is 5.02 Å². The van der Waals surface area contributed by atoms with Crippen LogP contribution in [0.4, 0.5) is 5.69 Å². The van der Waals surface area contributed by atoms with Gasteiger partial charge in [-0.25, -0.2) is 0 Å². The second-order valence-corrected chi connectivity index (χ2v) is 6.94. The van der Waals surface area contributed by atoms with Crippen LogP contribution in [-0.2, 0) is 9.53 Å². The molecular weight excluding hydrogens is 375 g/mol. The molecule has 1 aromatic carbocycles. The van der Waals surface area contributed by atoms with Gasteiger partial charge in [0, 0.05) is 18.1 Å². The molecule has 148 valence electrons. The van der Waals surface area contributed by atoms with Crippen molar-refractivity contribution in [3.05, 3.63) is 23.2 Å². The van der Waals surface area contributed by atoms with E-state index in [2.05, 4.69) is 17.6 Å². The molecule has 1 atom stereocenters. The average Bonchev–Trinajstić information content (AvgIpc) is 2.61. The normalized spacial score (nSPS) is 15.8. The second kappa shape index (κ2) is 12.4. The molecule has 2 N–H and O–H groups in total. The van der Waals surface area contributed by atoms with E-state index < -0.39 is 0 Å². The van der Waals surface area contributed by atoms with E-state index in [-0.39, 0.29) is 18.3 Å². The Balaban J connectivity index is 0.00000338. The predicted octanol–water partition coefficient (Wildman–Crippen LogP) is 4.14. The van der Waals surface area contributed by atoms with E-state index in [0.717, 1.165) is 25.9 Å². The number of ether oxygens (including phenoxy) is 2. The highest BCUT2D eigenvalue weighted by Gasteiger charge is 2.22. The van der Waals surface area contributed by atoms with Gasteiger partial charge in [0.1, 0.15) is 12.4 Å². The number of benzene rings is 1. The number of rotatable bonds is 9. The van der Waals surface area contributed by atoms with Gasteiger partial charge in [-0.15, -0.1) is 12.4 Å². The zero-order valence-corrected chi connectivity index (χ0v) is 17.1. The molecule has 1 aliphatic heterocycles. The Bertz CT molecular complexity index is 552. The number of nitrogens with one attached hydrogen (secondary N) is 2. The van der Waals surface area contributed by atoms with Gasteiger partial charge in [-0.1, -0.05) is 18.5 Å². The standard InChI is InChI=1S/C19H29ClN2O3.ClH/c1-3-24-10-11-25-18-5-4-16(20)13-17(18)22-19(23)12-14(2)15-6-8-21-9-7-15;/h4-5,13-15,21H,3,6-12H2,1-2H3,(H,22,23);1H. The predicted molar refractivity (Wildman–Crippen MR) is 109 cm³/mol. The smallest absolute Gasteiger partial charge is 0.224 e. The molecule has 0 aliphatic carbocycles. The van der Waals surface area contributed by atoms with E-state index in [1.54, 1.807) is 18.2 Å². The number of carbonyl (C=O) groups excluding carboxylic acids is 1. The summed E-state index contributed by atoms with van der Waals surface area (Å²) in [7, 11) is 0. The number of hydrogen-bond donors (Lipinski definition) is 2. The largest absolute Gasteiger partial charge is 0.489 e. The van der Waals surface area contributed by atoms with Crippen molar-refractivity contribution < 1.29 is 14.3 Å². The highest BCUT2D eigenvalue weighted by atomic mass is 35.5. The van der Waals surface area contributed by atoms with Crippen LogP contribution in [0.25, 0.3) is 0 Å². The molecule has 1 fully saturated rings. The van der Waals surface area contributed by atoms with Crippen LogP contribution in [0.1, 0.15) is 33.1 Å². The summed E-state index contributed by atoms with van der Waals surface area (Å²) in [5.41, 5.74) is 0.617. The highest BCUT2D eigenvalue weighted by Crippen LogP contribution is 2.29. The molecule has 0 saturated carbocycles. The molecule has 2 rings (SSSR count). The Morgan fingerprint density at radius 2 is 2.08 bits per heavy atom. The Morgan fingerprint density at radius 1 is 1.35 bits per heavy atom. The number of hydrogen-bond acceptors (Lipinski definition) is 4. The van der Waals surface area contributed by atoms with Crippen molar-refractivity contribution in [2.24, 2.45) is 11.8 Å². The van der Waals surface area contributed by atoms with Gasteiger partial charge < -0.3 is 20.1 Å². The third kappa shape index (κ3) is 7.70. The maximum Gasteiger partial charge on any atom is 0.224 e. The zero-order valence-electron chi connectivity index (χ0n) is 15.6. The fraction of sp³-hybridized carbons (Fsp3) is 0.632. The van der Waals surface area contributed by atoms with Gasteiger partial charge in [0.2, 0.25) is 5.91 Å². The van der Waals surface area contributed by atoms with E-state index in [4.69, 9.17) is 21.1 Å². The van der Waals surface area contributed by atoms with Crippen molar-refractivity contribution in [3.8, 4) is 5.75 Å². The van der Waals surface area contributed by atoms with Crippen molar-refractivity contribution in [2.75, 3.05) is 38.2 Å². The summed E-state index contributed by atoms with van der Waals surface area (Å²) in [4.78, 5) is 12.5. The lowest BCUT2D eigenvalue weighted by molar-refractivity contribution is -0.117. The summed E-state index contributed by atoms with van der Waals surface area (Å²) in [5, 5.41) is 6.89. The highest BCUT2D eigenvalue weighted by molar-refractivity contribution is 6.31. The van der Waals surface area contributed by atoms with Crippen molar-refractivity contribution in [1.29, 1.82) is 0 Å². The quantitative estimate of drug-likeness (QED) is 0.607. The summed E-state index contributed by atoms with van der Waals surface area (Å²) in [6.45, 7) is 7.79. The average molecular weight is 405 g/mol. The number of carbonyl (C=O) groups is 1. The van der Waals surface area contributed by atoms with Crippen LogP contribution in [0.15, 0.2) is 18.2 Å². The second-order valence-electron chi connectivity index (χ2n) is 6.50. The minimum Gasteiger partial charge on any atom is -0.489 e. The molecule has 0 bridgehead atoms. The molecule has 0 spiro atoms. The van der Waals surface area contributed by atoms with Gasteiger partial charge in [-0.2, -0.15) is 0 Å². The molecule has 7 heteroatoms. The molecular formula is C19H30Cl2N2O3. The lowest BCUT2D eigenvalue weighted by Gasteiger charge is -2.28. The fourth-order valence-corrected chi connectivity index (χ4v) is 3.33. The molecule has 26 heavy (non-hydrogen) atoms. The monoisotopic (exact) mass is 404 g/mol. The number of anilines is 1. The first kappa shape index (κ1) is 23.0. The minimum absolute atomic E-state index is 0. The molecule has 0 aromatic heterocycles. The number of halogens is 2. The van der Waals surface area contributed by atoms with E-state index in [1.807, 2.05) is 6.92 Å². The molecule has 1 heterocycles. The van der Waals surface area contributed by atoms with Crippen LogP contribution < -0.4 is 15.4 Å². The van der Waals surface area contributed by atoms with Crippen LogP contribution in [0, 0.1) is 11.8 Å². The SMILES string of the molecule is CCOCCOc1ccc(Cl)cc1NC(=O)CC(C)C1CCNCC1.Cl. The molecule has 0 radical (unpaired) electrons. The molecule has 1 aromatic rings. The molecule has 1 aliphatic rings.